The molecule has 18 heavy (non-hydrogen) atoms. The highest BCUT2D eigenvalue weighted by molar-refractivity contribution is 5.79. The molecule has 3 N–H and O–H groups in total. The molecule has 4 heteroatoms. The van der Waals surface area contributed by atoms with Gasteiger partial charge in [-0.25, -0.2) is 0 Å². The maximum absolute atomic E-state index is 12.6. The Morgan fingerprint density at radius 1 is 1.28 bits per heavy atom. The quantitative estimate of drug-likeness (QED) is 0.790. The number of aliphatic hydroxyl groups excluding tert-OH is 1. The number of hydrogen-bond acceptors (Lipinski definition) is 3. The number of aliphatic hydroxyl groups is 1. The van der Waals surface area contributed by atoms with Gasteiger partial charge in [0.25, 0.3) is 0 Å². The molecule has 104 valence electrons. The number of amides is 1. The van der Waals surface area contributed by atoms with Crippen molar-refractivity contribution in [2.24, 2.45) is 17.6 Å². The molecule has 0 spiro atoms. The van der Waals surface area contributed by atoms with E-state index in [1.807, 2.05) is 4.90 Å². The highest BCUT2D eigenvalue weighted by atomic mass is 16.3. The zero-order valence-electron chi connectivity index (χ0n) is 11.3. The maximum atomic E-state index is 12.6. The van der Waals surface area contributed by atoms with Crippen LogP contribution in [0.15, 0.2) is 0 Å². The predicted molar refractivity (Wildman–Crippen MR) is 70.9 cm³/mol. The lowest BCUT2D eigenvalue weighted by Gasteiger charge is -2.42. The standard InChI is InChI=1S/C14H26N2O2/c1-10-12(6-3-7-13(10)15)14(18)16(8-9-17)11-4-2-5-11/h10-13,17H,2-9,15H2,1H3. The second-order valence-corrected chi connectivity index (χ2v) is 5.90. The molecule has 0 heterocycles. The molecule has 1 amide bonds. The SMILES string of the molecule is CC1C(N)CCCC1C(=O)N(CCO)C1CCC1. The van der Waals surface area contributed by atoms with Crippen molar-refractivity contribution in [1.82, 2.24) is 4.90 Å². The Bertz CT molecular complexity index is 286. The first-order valence-electron chi connectivity index (χ1n) is 7.32. The molecule has 2 saturated carbocycles. The molecule has 0 aromatic rings. The summed E-state index contributed by atoms with van der Waals surface area (Å²) in [4.78, 5) is 14.6. The van der Waals surface area contributed by atoms with Crippen molar-refractivity contribution in [3.05, 3.63) is 0 Å². The van der Waals surface area contributed by atoms with Crippen LogP contribution in [0.4, 0.5) is 0 Å². The van der Waals surface area contributed by atoms with Crippen LogP contribution in [0.1, 0.15) is 45.4 Å². The molecule has 2 aliphatic rings. The smallest absolute Gasteiger partial charge is 0.226 e. The topological polar surface area (TPSA) is 66.6 Å². The average molecular weight is 254 g/mol. The van der Waals surface area contributed by atoms with Crippen molar-refractivity contribution in [3.63, 3.8) is 0 Å². The summed E-state index contributed by atoms with van der Waals surface area (Å²) in [6, 6.07) is 0.528. The molecule has 3 atom stereocenters. The van der Waals surface area contributed by atoms with Crippen LogP contribution in [0.3, 0.4) is 0 Å². The fourth-order valence-corrected chi connectivity index (χ4v) is 3.24. The molecule has 4 nitrogen and oxygen atoms in total. The van der Waals surface area contributed by atoms with E-state index in [9.17, 15) is 4.79 Å². The molecule has 2 aliphatic carbocycles. The number of hydrogen-bond donors (Lipinski definition) is 2. The first-order valence-corrected chi connectivity index (χ1v) is 7.32. The first kappa shape index (κ1) is 13.8. The van der Waals surface area contributed by atoms with Gasteiger partial charge in [-0.05, 0) is 38.0 Å². The van der Waals surface area contributed by atoms with E-state index in [0.29, 0.717) is 12.6 Å². The molecule has 0 aromatic heterocycles. The third-order valence-electron chi connectivity index (χ3n) is 4.82. The summed E-state index contributed by atoms with van der Waals surface area (Å²) in [5.74, 6) is 0.574. The van der Waals surface area contributed by atoms with E-state index in [0.717, 1.165) is 32.1 Å². The van der Waals surface area contributed by atoms with Gasteiger partial charge in [0.1, 0.15) is 0 Å². The van der Waals surface area contributed by atoms with E-state index in [2.05, 4.69) is 6.92 Å². The third kappa shape index (κ3) is 2.69. The molecule has 0 radical (unpaired) electrons. The zero-order chi connectivity index (χ0) is 13.1. The molecule has 0 saturated heterocycles. The highest BCUT2D eigenvalue weighted by Gasteiger charge is 2.38. The van der Waals surface area contributed by atoms with Gasteiger partial charge in [0.05, 0.1) is 6.61 Å². The minimum Gasteiger partial charge on any atom is -0.395 e. The average Bonchev–Trinajstić information content (AvgIpc) is 2.29. The molecule has 2 fully saturated rings. The number of nitrogens with zero attached hydrogens (tertiary/aromatic N) is 1. The Hall–Kier alpha value is -0.610. The number of rotatable bonds is 4. The minimum absolute atomic E-state index is 0.0649. The Kier molecular flexibility index (Phi) is 4.62. The number of carbonyl (C=O) groups excluding carboxylic acids is 1. The summed E-state index contributed by atoms with van der Waals surface area (Å²) in [6.45, 7) is 2.65. The predicted octanol–water partition coefficient (Wildman–Crippen LogP) is 1.12. The Labute approximate surface area is 110 Å². The van der Waals surface area contributed by atoms with Crippen molar-refractivity contribution < 1.29 is 9.90 Å². The minimum atomic E-state index is 0.0649. The molecular weight excluding hydrogens is 228 g/mol. The summed E-state index contributed by atoms with van der Waals surface area (Å²) < 4.78 is 0. The van der Waals surface area contributed by atoms with Gasteiger partial charge in [-0.1, -0.05) is 13.3 Å². The van der Waals surface area contributed by atoms with E-state index < -0.39 is 0 Å². The second-order valence-electron chi connectivity index (χ2n) is 5.90. The summed E-state index contributed by atoms with van der Waals surface area (Å²) in [5, 5.41) is 9.15. The van der Waals surface area contributed by atoms with Gasteiger partial charge >= 0.3 is 0 Å². The van der Waals surface area contributed by atoms with Gasteiger partial charge < -0.3 is 15.7 Å². The number of carbonyl (C=O) groups is 1. The van der Waals surface area contributed by atoms with Crippen molar-refractivity contribution in [3.8, 4) is 0 Å². The summed E-state index contributed by atoms with van der Waals surface area (Å²) >= 11 is 0. The normalized spacial score (nSPS) is 32.9. The van der Waals surface area contributed by atoms with Crippen LogP contribution in [0, 0.1) is 11.8 Å². The van der Waals surface area contributed by atoms with E-state index in [1.165, 1.54) is 6.42 Å². The van der Waals surface area contributed by atoms with Crippen LogP contribution in [-0.4, -0.2) is 41.1 Å². The van der Waals surface area contributed by atoms with Crippen molar-refractivity contribution in [2.45, 2.75) is 57.5 Å². The first-order chi connectivity index (χ1) is 8.65. The lowest BCUT2D eigenvalue weighted by atomic mass is 9.76. The van der Waals surface area contributed by atoms with E-state index in [-0.39, 0.29) is 30.4 Å². The van der Waals surface area contributed by atoms with Crippen molar-refractivity contribution in [2.75, 3.05) is 13.2 Å². The van der Waals surface area contributed by atoms with Crippen LogP contribution < -0.4 is 5.73 Å². The highest BCUT2D eigenvalue weighted by Crippen LogP contribution is 2.33. The van der Waals surface area contributed by atoms with Crippen molar-refractivity contribution >= 4 is 5.91 Å². The molecule has 0 bridgehead atoms. The third-order valence-corrected chi connectivity index (χ3v) is 4.82. The number of nitrogens with two attached hydrogens (primary N) is 1. The summed E-state index contributed by atoms with van der Waals surface area (Å²) in [7, 11) is 0. The fourth-order valence-electron chi connectivity index (χ4n) is 3.24. The van der Waals surface area contributed by atoms with Crippen molar-refractivity contribution in [1.29, 1.82) is 0 Å². The van der Waals surface area contributed by atoms with Crippen LogP contribution >= 0.6 is 0 Å². The van der Waals surface area contributed by atoms with Gasteiger partial charge in [0.2, 0.25) is 5.91 Å². The van der Waals surface area contributed by atoms with Gasteiger partial charge in [0.15, 0.2) is 0 Å². The van der Waals surface area contributed by atoms with Gasteiger partial charge in [-0.15, -0.1) is 0 Å². The lowest BCUT2D eigenvalue weighted by Crippen LogP contribution is -2.51. The van der Waals surface area contributed by atoms with E-state index in [1.54, 1.807) is 0 Å². The molecule has 0 aromatic carbocycles. The maximum Gasteiger partial charge on any atom is 0.226 e. The largest absolute Gasteiger partial charge is 0.395 e. The Morgan fingerprint density at radius 3 is 2.50 bits per heavy atom. The van der Waals surface area contributed by atoms with E-state index in [4.69, 9.17) is 10.8 Å². The van der Waals surface area contributed by atoms with Gasteiger partial charge in [-0.3, -0.25) is 4.79 Å². The molecule has 0 aliphatic heterocycles. The zero-order valence-corrected chi connectivity index (χ0v) is 11.3. The second kappa shape index (κ2) is 6.02. The molecule has 3 unspecified atom stereocenters. The van der Waals surface area contributed by atoms with Gasteiger partial charge in [0, 0.05) is 24.5 Å². The van der Waals surface area contributed by atoms with Crippen LogP contribution in [-0.2, 0) is 4.79 Å². The van der Waals surface area contributed by atoms with Crippen LogP contribution in [0.25, 0.3) is 0 Å². The molecule has 2 rings (SSSR count). The van der Waals surface area contributed by atoms with Crippen LogP contribution in [0.5, 0.6) is 0 Å². The summed E-state index contributed by atoms with van der Waals surface area (Å²) in [6.07, 6.45) is 6.45. The molecular formula is C14H26N2O2. The van der Waals surface area contributed by atoms with E-state index >= 15 is 0 Å². The Morgan fingerprint density at radius 2 is 1.94 bits per heavy atom. The monoisotopic (exact) mass is 254 g/mol. The lowest BCUT2D eigenvalue weighted by molar-refractivity contribution is -0.143. The Balaban J connectivity index is 2.02. The summed E-state index contributed by atoms with van der Waals surface area (Å²) in [5.41, 5.74) is 6.08. The fraction of sp³-hybridized carbons (Fsp3) is 0.929. The van der Waals surface area contributed by atoms with Crippen LogP contribution in [0.2, 0.25) is 0 Å². The van der Waals surface area contributed by atoms with Gasteiger partial charge in [-0.2, -0.15) is 0 Å².